The van der Waals surface area contributed by atoms with Gasteiger partial charge in [0.2, 0.25) is 6.23 Å². The molecule has 0 aromatic heterocycles. The number of ether oxygens (including phenoxy) is 3. The molecule has 0 radical (unpaired) electrons. The van der Waals surface area contributed by atoms with Crippen molar-refractivity contribution in [2.24, 2.45) is 5.10 Å². The van der Waals surface area contributed by atoms with Crippen LogP contribution in [0.5, 0.6) is 17.2 Å². The van der Waals surface area contributed by atoms with Crippen molar-refractivity contribution in [2.45, 2.75) is 71.1 Å². The lowest BCUT2D eigenvalue weighted by Crippen LogP contribution is -2.33. The Bertz CT molecular complexity index is 1170. The van der Waals surface area contributed by atoms with Crippen LogP contribution in [-0.4, -0.2) is 23.9 Å². The Kier molecular flexibility index (Phi) is 8.29. The van der Waals surface area contributed by atoms with Gasteiger partial charge in [-0.05, 0) is 73.0 Å². The van der Waals surface area contributed by atoms with Gasteiger partial charge in [-0.1, -0.05) is 57.7 Å². The fourth-order valence-corrected chi connectivity index (χ4v) is 4.95. The number of rotatable bonds is 12. The molecule has 3 aromatic rings. The molecule has 0 N–H and O–H groups in total. The minimum Gasteiger partial charge on any atom is -0.494 e. The van der Waals surface area contributed by atoms with Gasteiger partial charge in [0.1, 0.15) is 17.2 Å². The molecule has 0 fully saturated rings. The van der Waals surface area contributed by atoms with Gasteiger partial charge in [-0.25, -0.2) is 5.01 Å². The summed E-state index contributed by atoms with van der Waals surface area (Å²) in [5.41, 5.74) is 4.45. The summed E-state index contributed by atoms with van der Waals surface area (Å²) in [7, 11) is 0. The van der Waals surface area contributed by atoms with E-state index in [9.17, 15) is 0 Å². The Hall–Kier alpha value is -3.47. The van der Waals surface area contributed by atoms with Gasteiger partial charge >= 0.3 is 0 Å². The monoisotopic (exact) mass is 498 g/mol. The lowest BCUT2D eigenvalue weighted by molar-refractivity contribution is -0.0190. The number of nitrogens with zero attached hydrogens (tertiary/aromatic N) is 2. The highest BCUT2D eigenvalue weighted by Gasteiger charge is 2.40. The van der Waals surface area contributed by atoms with E-state index < -0.39 is 0 Å². The Morgan fingerprint density at radius 2 is 1.46 bits per heavy atom. The Morgan fingerprint density at radius 3 is 2.19 bits per heavy atom. The number of hydrogen-bond acceptors (Lipinski definition) is 5. The Labute approximate surface area is 221 Å². The van der Waals surface area contributed by atoms with Crippen LogP contribution in [0.1, 0.15) is 87.8 Å². The molecule has 37 heavy (non-hydrogen) atoms. The summed E-state index contributed by atoms with van der Waals surface area (Å²) in [4.78, 5) is 0. The number of fused-ring (bicyclic) bond motifs is 3. The third-order valence-electron chi connectivity index (χ3n) is 7.09. The molecule has 0 unspecified atom stereocenters. The first kappa shape index (κ1) is 25.2. The summed E-state index contributed by atoms with van der Waals surface area (Å²) < 4.78 is 18.3. The quantitative estimate of drug-likeness (QED) is 0.237. The van der Waals surface area contributed by atoms with Crippen LogP contribution < -0.4 is 14.2 Å². The largest absolute Gasteiger partial charge is 0.494 e. The molecule has 2 aliphatic rings. The van der Waals surface area contributed by atoms with Crippen molar-refractivity contribution in [3.8, 4) is 17.2 Å². The van der Waals surface area contributed by atoms with E-state index in [1.165, 1.54) is 24.8 Å². The predicted molar refractivity (Wildman–Crippen MR) is 148 cm³/mol. The molecule has 0 amide bonds. The number of hydrazone groups is 1. The summed E-state index contributed by atoms with van der Waals surface area (Å²) in [6.07, 6.45) is 7.56. The average molecular weight is 499 g/mol. The fourth-order valence-electron chi connectivity index (χ4n) is 4.95. The highest BCUT2D eigenvalue weighted by atomic mass is 16.5. The molecular formula is C32H38N2O3. The van der Waals surface area contributed by atoms with Crippen molar-refractivity contribution in [1.82, 2.24) is 5.01 Å². The highest BCUT2D eigenvalue weighted by molar-refractivity contribution is 6.02. The first-order chi connectivity index (χ1) is 18.3. The van der Waals surface area contributed by atoms with E-state index in [0.29, 0.717) is 0 Å². The Balaban J connectivity index is 1.33. The smallest absolute Gasteiger partial charge is 0.213 e. The fraction of sp³-hybridized carbons (Fsp3) is 0.406. The second kappa shape index (κ2) is 12.2. The molecule has 2 atom stereocenters. The third-order valence-corrected chi connectivity index (χ3v) is 7.09. The maximum absolute atomic E-state index is 6.51. The van der Waals surface area contributed by atoms with Crippen molar-refractivity contribution in [2.75, 3.05) is 13.2 Å². The van der Waals surface area contributed by atoms with Gasteiger partial charge in [0.05, 0.1) is 25.0 Å². The normalized spacial score (nSPS) is 18.0. The average Bonchev–Trinajstić information content (AvgIpc) is 3.39. The lowest BCUT2D eigenvalue weighted by atomic mass is 9.96. The van der Waals surface area contributed by atoms with E-state index in [1.54, 1.807) is 0 Å². The number of hydrogen-bond donors (Lipinski definition) is 0. The molecular weight excluding hydrogens is 460 g/mol. The zero-order chi connectivity index (χ0) is 25.5. The van der Waals surface area contributed by atoms with E-state index in [1.807, 2.05) is 30.3 Å². The van der Waals surface area contributed by atoms with Crippen molar-refractivity contribution in [3.05, 3.63) is 89.5 Å². The number of unbranched alkanes of at least 4 members (excludes halogenated alkanes) is 4. The van der Waals surface area contributed by atoms with Gasteiger partial charge in [0, 0.05) is 17.5 Å². The van der Waals surface area contributed by atoms with Crippen LogP contribution in [0.25, 0.3) is 0 Å². The number of para-hydroxylation sites is 1. The second-order valence-corrected chi connectivity index (χ2v) is 9.86. The predicted octanol–water partition coefficient (Wildman–Crippen LogP) is 8.07. The van der Waals surface area contributed by atoms with E-state index in [4.69, 9.17) is 19.3 Å². The van der Waals surface area contributed by atoms with Crippen molar-refractivity contribution in [3.63, 3.8) is 0 Å². The third kappa shape index (κ3) is 5.93. The zero-order valence-electron chi connectivity index (χ0n) is 22.1. The first-order valence-corrected chi connectivity index (χ1v) is 13.8. The first-order valence-electron chi connectivity index (χ1n) is 13.8. The number of benzene rings is 3. The maximum Gasteiger partial charge on any atom is 0.213 e. The minimum atomic E-state index is -0.285. The maximum atomic E-state index is 6.51. The molecule has 2 aliphatic heterocycles. The molecule has 5 heteroatoms. The summed E-state index contributed by atoms with van der Waals surface area (Å²) in [5, 5.41) is 7.22. The van der Waals surface area contributed by atoms with Gasteiger partial charge < -0.3 is 14.2 Å². The molecule has 0 spiro atoms. The van der Waals surface area contributed by atoms with E-state index in [-0.39, 0.29) is 12.3 Å². The van der Waals surface area contributed by atoms with Crippen LogP contribution in [0, 0.1) is 0 Å². The summed E-state index contributed by atoms with van der Waals surface area (Å²) >= 11 is 0. The van der Waals surface area contributed by atoms with Crippen LogP contribution in [0.4, 0.5) is 0 Å². The molecule has 5 nitrogen and oxygen atoms in total. The minimum absolute atomic E-state index is 0.139. The van der Waals surface area contributed by atoms with E-state index in [0.717, 1.165) is 73.0 Å². The van der Waals surface area contributed by atoms with Crippen molar-refractivity contribution in [1.29, 1.82) is 0 Å². The molecule has 2 heterocycles. The van der Waals surface area contributed by atoms with Gasteiger partial charge in [-0.3, -0.25) is 0 Å². The molecule has 5 rings (SSSR count). The topological polar surface area (TPSA) is 43.3 Å². The van der Waals surface area contributed by atoms with E-state index in [2.05, 4.69) is 61.3 Å². The lowest BCUT2D eigenvalue weighted by Gasteiger charge is -2.38. The van der Waals surface area contributed by atoms with Gasteiger partial charge in [-0.2, -0.15) is 5.10 Å². The SMILES string of the molecule is CCCCCCOc1ccc([C@@H]2Oc3ccccc3[C@H]3CC(c4ccc(OCCCC)cc4)=NN32)cc1. The summed E-state index contributed by atoms with van der Waals surface area (Å²) in [6.45, 7) is 5.91. The van der Waals surface area contributed by atoms with Gasteiger partial charge in [-0.15, -0.1) is 0 Å². The Morgan fingerprint density at radius 1 is 0.784 bits per heavy atom. The molecule has 194 valence electrons. The molecule has 0 aliphatic carbocycles. The van der Waals surface area contributed by atoms with Gasteiger partial charge in [0.15, 0.2) is 0 Å². The van der Waals surface area contributed by atoms with Crippen LogP contribution in [-0.2, 0) is 0 Å². The highest BCUT2D eigenvalue weighted by Crippen LogP contribution is 2.47. The molecule has 0 saturated heterocycles. The van der Waals surface area contributed by atoms with Crippen LogP contribution in [0.2, 0.25) is 0 Å². The van der Waals surface area contributed by atoms with Crippen LogP contribution in [0.3, 0.4) is 0 Å². The molecule has 0 saturated carbocycles. The van der Waals surface area contributed by atoms with Gasteiger partial charge in [0.25, 0.3) is 0 Å². The molecule has 0 bridgehead atoms. The van der Waals surface area contributed by atoms with Crippen molar-refractivity contribution < 1.29 is 14.2 Å². The van der Waals surface area contributed by atoms with Crippen molar-refractivity contribution >= 4 is 5.71 Å². The summed E-state index contributed by atoms with van der Waals surface area (Å²) in [6, 6.07) is 25.1. The standard InChI is InChI=1S/C32H38N2O3/c1-3-5-7-10-22-36-27-19-15-25(16-20-27)32-34-30(28-11-8-9-12-31(28)37-32)23-29(33-34)24-13-17-26(18-14-24)35-21-6-4-2/h8-9,11-20,30,32H,3-7,10,21-23H2,1-2H3/t30-,32+/m1/s1. The molecule has 3 aromatic carbocycles. The summed E-state index contributed by atoms with van der Waals surface area (Å²) in [5.74, 6) is 2.74. The van der Waals surface area contributed by atoms with E-state index >= 15 is 0 Å². The van der Waals surface area contributed by atoms with Crippen LogP contribution >= 0.6 is 0 Å². The second-order valence-electron chi connectivity index (χ2n) is 9.86. The van der Waals surface area contributed by atoms with Crippen LogP contribution in [0.15, 0.2) is 77.9 Å². The zero-order valence-corrected chi connectivity index (χ0v) is 22.1.